The third-order valence-electron chi connectivity index (χ3n) is 4.02. The van der Waals surface area contributed by atoms with Gasteiger partial charge in [0.2, 0.25) is 0 Å². The van der Waals surface area contributed by atoms with Crippen LogP contribution in [0.4, 0.5) is 0 Å². The van der Waals surface area contributed by atoms with Gasteiger partial charge in [-0.3, -0.25) is 4.79 Å². The maximum absolute atomic E-state index is 12.0. The number of hydrogen-bond donors (Lipinski definition) is 1. The molecule has 4 nitrogen and oxygen atoms in total. The number of fused-ring (bicyclic) bond motifs is 2. The van der Waals surface area contributed by atoms with Crippen molar-refractivity contribution in [3.8, 4) is 0 Å². The summed E-state index contributed by atoms with van der Waals surface area (Å²) in [6, 6.07) is 0. The molecule has 0 aromatic heterocycles. The molecule has 1 N–H and O–H groups in total. The van der Waals surface area contributed by atoms with Crippen LogP contribution >= 0.6 is 0 Å². The molecule has 4 unspecified atom stereocenters. The second-order valence-corrected chi connectivity index (χ2v) is 7.43. The van der Waals surface area contributed by atoms with Crippen molar-refractivity contribution >= 4 is 15.8 Å². The summed E-state index contributed by atoms with van der Waals surface area (Å²) in [6.45, 7) is 1.85. The highest BCUT2D eigenvalue weighted by molar-refractivity contribution is 7.92. The van der Waals surface area contributed by atoms with E-state index >= 15 is 0 Å². The number of rotatable bonds is 4. The molecule has 2 fully saturated rings. The molecule has 2 aliphatic carbocycles. The van der Waals surface area contributed by atoms with E-state index in [9.17, 15) is 13.2 Å². The van der Waals surface area contributed by atoms with Gasteiger partial charge in [0.15, 0.2) is 9.84 Å². The molecule has 0 aromatic rings. The highest BCUT2D eigenvalue weighted by atomic mass is 32.2. The van der Waals surface area contributed by atoms with E-state index in [0.29, 0.717) is 25.2 Å². The van der Waals surface area contributed by atoms with Gasteiger partial charge in [-0.05, 0) is 37.5 Å². The second kappa shape index (κ2) is 4.02. The molecule has 2 aliphatic rings. The van der Waals surface area contributed by atoms with Crippen molar-refractivity contribution in [2.24, 2.45) is 17.8 Å². The molecule has 0 amide bonds. The Labute approximate surface area is 96.0 Å². The molecule has 0 aliphatic heterocycles. The summed E-state index contributed by atoms with van der Waals surface area (Å²) in [5.74, 6) is -0.839. The first-order chi connectivity index (χ1) is 7.45. The first-order valence-electron chi connectivity index (χ1n) is 5.90. The summed E-state index contributed by atoms with van der Waals surface area (Å²) in [5, 5.41) is 8.67. The van der Waals surface area contributed by atoms with Crippen molar-refractivity contribution in [2.45, 2.75) is 37.9 Å². The van der Waals surface area contributed by atoms with E-state index in [1.54, 1.807) is 0 Å². The lowest BCUT2D eigenvalue weighted by Gasteiger charge is -2.26. The average molecular weight is 246 g/mol. The van der Waals surface area contributed by atoms with Crippen molar-refractivity contribution in [2.75, 3.05) is 5.75 Å². The topological polar surface area (TPSA) is 71.4 Å². The third-order valence-corrected chi connectivity index (χ3v) is 6.46. The van der Waals surface area contributed by atoms with Crippen LogP contribution < -0.4 is 0 Å². The van der Waals surface area contributed by atoms with Gasteiger partial charge in [0.1, 0.15) is 0 Å². The summed E-state index contributed by atoms with van der Waals surface area (Å²) in [4.78, 5) is 11.0. The van der Waals surface area contributed by atoms with E-state index in [-0.39, 0.29) is 16.9 Å². The lowest BCUT2D eigenvalue weighted by Crippen LogP contribution is -2.36. The van der Waals surface area contributed by atoms with Gasteiger partial charge < -0.3 is 5.11 Å². The molecule has 16 heavy (non-hydrogen) atoms. The SMILES string of the molecule is CCCS(=O)(=O)C1CC2CC(C(=O)O)C1C2. The van der Waals surface area contributed by atoms with Crippen LogP contribution in [-0.4, -0.2) is 30.5 Å². The molecule has 2 saturated carbocycles. The fourth-order valence-corrected chi connectivity index (χ4v) is 5.69. The van der Waals surface area contributed by atoms with Crippen LogP contribution in [0.25, 0.3) is 0 Å². The minimum atomic E-state index is -3.07. The zero-order chi connectivity index (χ0) is 11.9. The lowest BCUT2D eigenvalue weighted by molar-refractivity contribution is -0.143. The van der Waals surface area contributed by atoms with Crippen LogP contribution in [0.5, 0.6) is 0 Å². The minimum absolute atomic E-state index is 0.126. The van der Waals surface area contributed by atoms with E-state index in [2.05, 4.69) is 0 Å². The molecule has 0 saturated heterocycles. The largest absolute Gasteiger partial charge is 0.481 e. The van der Waals surface area contributed by atoms with Gasteiger partial charge in [0.25, 0.3) is 0 Å². The molecule has 0 spiro atoms. The van der Waals surface area contributed by atoms with Gasteiger partial charge in [0.05, 0.1) is 16.9 Å². The van der Waals surface area contributed by atoms with Gasteiger partial charge in [-0.25, -0.2) is 8.42 Å². The van der Waals surface area contributed by atoms with Gasteiger partial charge >= 0.3 is 5.97 Å². The normalized spacial score (nSPS) is 37.8. The first kappa shape index (κ1) is 11.9. The fraction of sp³-hybridized carbons (Fsp3) is 0.909. The van der Waals surface area contributed by atoms with Crippen LogP contribution in [0.1, 0.15) is 32.6 Å². The molecule has 92 valence electrons. The zero-order valence-electron chi connectivity index (χ0n) is 9.43. The zero-order valence-corrected chi connectivity index (χ0v) is 10.2. The van der Waals surface area contributed by atoms with Gasteiger partial charge in [0, 0.05) is 0 Å². The molecule has 4 atom stereocenters. The van der Waals surface area contributed by atoms with E-state index in [1.807, 2.05) is 6.92 Å². The number of aliphatic carboxylic acids is 1. The molecule has 2 rings (SSSR count). The Balaban J connectivity index is 2.18. The van der Waals surface area contributed by atoms with Gasteiger partial charge in [-0.15, -0.1) is 0 Å². The van der Waals surface area contributed by atoms with Crippen molar-refractivity contribution in [3.05, 3.63) is 0 Å². The van der Waals surface area contributed by atoms with E-state index in [0.717, 1.165) is 6.42 Å². The second-order valence-electron chi connectivity index (χ2n) is 5.09. The average Bonchev–Trinajstić information content (AvgIpc) is 2.75. The Morgan fingerprint density at radius 2 is 2.00 bits per heavy atom. The van der Waals surface area contributed by atoms with Crippen LogP contribution in [0.3, 0.4) is 0 Å². The molecular formula is C11H18O4S. The molecule has 0 heterocycles. The maximum Gasteiger partial charge on any atom is 0.306 e. The highest BCUT2D eigenvalue weighted by Gasteiger charge is 2.53. The van der Waals surface area contributed by atoms with E-state index < -0.39 is 21.7 Å². The lowest BCUT2D eigenvalue weighted by atomic mass is 9.88. The van der Waals surface area contributed by atoms with Crippen molar-refractivity contribution < 1.29 is 18.3 Å². The predicted octanol–water partition coefficient (Wildman–Crippen LogP) is 1.31. The summed E-state index contributed by atoms with van der Waals surface area (Å²) in [5.41, 5.74) is 0. The summed E-state index contributed by atoms with van der Waals surface area (Å²) >= 11 is 0. The number of sulfone groups is 1. The van der Waals surface area contributed by atoms with Crippen molar-refractivity contribution in [1.29, 1.82) is 0 Å². The first-order valence-corrected chi connectivity index (χ1v) is 7.61. The number of carboxylic acid groups (broad SMARTS) is 1. The standard InChI is InChI=1S/C11H18O4S/c1-2-3-16(14,15)10-6-7-4-8(10)9(5-7)11(12)13/h7-10H,2-6H2,1H3,(H,12,13). The van der Waals surface area contributed by atoms with Crippen LogP contribution in [0.2, 0.25) is 0 Å². The minimum Gasteiger partial charge on any atom is -0.481 e. The Hall–Kier alpha value is -0.580. The van der Waals surface area contributed by atoms with Gasteiger partial charge in [-0.1, -0.05) is 6.92 Å². The maximum atomic E-state index is 12.0. The molecular weight excluding hydrogens is 228 g/mol. The molecule has 0 radical (unpaired) electrons. The number of hydrogen-bond acceptors (Lipinski definition) is 3. The Morgan fingerprint density at radius 3 is 2.50 bits per heavy atom. The smallest absolute Gasteiger partial charge is 0.306 e. The van der Waals surface area contributed by atoms with Crippen molar-refractivity contribution in [1.82, 2.24) is 0 Å². The van der Waals surface area contributed by atoms with Gasteiger partial charge in [-0.2, -0.15) is 0 Å². The van der Waals surface area contributed by atoms with E-state index in [4.69, 9.17) is 5.11 Å². The Kier molecular flexibility index (Phi) is 2.99. The Morgan fingerprint density at radius 1 is 1.31 bits per heavy atom. The number of carbonyl (C=O) groups is 1. The Bertz CT molecular complexity index is 387. The molecule has 0 aromatic carbocycles. The predicted molar refractivity (Wildman–Crippen MR) is 59.8 cm³/mol. The fourth-order valence-electron chi connectivity index (χ4n) is 3.42. The van der Waals surface area contributed by atoms with Crippen molar-refractivity contribution in [3.63, 3.8) is 0 Å². The summed E-state index contributed by atoms with van der Waals surface area (Å²) in [7, 11) is -3.07. The monoisotopic (exact) mass is 246 g/mol. The van der Waals surface area contributed by atoms with E-state index in [1.165, 1.54) is 0 Å². The molecule has 2 bridgehead atoms. The van der Waals surface area contributed by atoms with Crippen LogP contribution in [-0.2, 0) is 14.6 Å². The van der Waals surface area contributed by atoms with Crippen LogP contribution in [0, 0.1) is 17.8 Å². The molecule has 5 heteroatoms. The quantitative estimate of drug-likeness (QED) is 0.812. The number of carboxylic acids is 1. The van der Waals surface area contributed by atoms with Crippen LogP contribution in [0.15, 0.2) is 0 Å². The highest BCUT2D eigenvalue weighted by Crippen LogP contribution is 2.51. The summed E-state index contributed by atoms with van der Waals surface area (Å²) < 4.78 is 24.0. The summed E-state index contributed by atoms with van der Waals surface area (Å²) in [6.07, 6.45) is 2.79. The third kappa shape index (κ3) is 1.85.